The summed E-state index contributed by atoms with van der Waals surface area (Å²) in [7, 11) is 1.38. The van der Waals surface area contributed by atoms with Gasteiger partial charge in [0, 0.05) is 17.0 Å². The summed E-state index contributed by atoms with van der Waals surface area (Å²) in [5.74, 6) is 2.80. The Labute approximate surface area is 213 Å². The Morgan fingerprint density at radius 3 is 2.67 bits per heavy atom. The Hall–Kier alpha value is -3.65. The first-order chi connectivity index (χ1) is 17.7. The largest absolute Gasteiger partial charge is 0.486 e. The number of thiophene rings is 1. The average molecular weight is 502 g/mol. The molecule has 8 heteroatoms. The van der Waals surface area contributed by atoms with Crippen molar-refractivity contribution < 1.29 is 19.0 Å². The molecule has 1 N–H and O–H groups in total. The maximum Gasteiger partial charge on any atom is 0.337 e. The van der Waals surface area contributed by atoms with Crippen LogP contribution in [-0.2, 0) is 24.0 Å². The first-order valence-corrected chi connectivity index (χ1v) is 13.1. The van der Waals surface area contributed by atoms with Crippen LogP contribution in [0.3, 0.4) is 0 Å². The molecule has 2 aliphatic rings. The second-order valence-corrected chi connectivity index (χ2v) is 10.1. The van der Waals surface area contributed by atoms with E-state index in [0.717, 1.165) is 58.9 Å². The van der Waals surface area contributed by atoms with E-state index >= 15 is 0 Å². The molecule has 6 rings (SSSR count). The third kappa shape index (κ3) is 4.37. The van der Waals surface area contributed by atoms with Gasteiger partial charge in [0.05, 0.1) is 18.1 Å². The molecule has 0 fully saturated rings. The normalized spacial score (nSPS) is 14.4. The van der Waals surface area contributed by atoms with Crippen LogP contribution in [0.15, 0.2) is 42.5 Å². The van der Waals surface area contributed by atoms with Crippen molar-refractivity contribution in [3.8, 4) is 22.9 Å². The number of rotatable bonds is 6. The third-order valence-corrected chi connectivity index (χ3v) is 7.88. The second kappa shape index (κ2) is 9.78. The first kappa shape index (κ1) is 22.8. The molecular formula is C28H27N3O4S. The molecule has 2 aromatic carbocycles. The molecule has 4 aromatic rings. The molecule has 1 aliphatic heterocycles. The molecule has 0 saturated carbocycles. The van der Waals surface area contributed by atoms with E-state index in [1.807, 2.05) is 18.2 Å². The highest BCUT2D eigenvalue weighted by Crippen LogP contribution is 2.39. The van der Waals surface area contributed by atoms with Crippen molar-refractivity contribution in [2.24, 2.45) is 0 Å². The van der Waals surface area contributed by atoms with Gasteiger partial charge in [-0.05, 0) is 67.5 Å². The molecule has 0 radical (unpaired) electrons. The van der Waals surface area contributed by atoms with E-state index in [0.29, 0.717) is 24.6 Å². The third-order valence-electron chi connectivity index (χ3n) is 6.69. The molecule has 0 unspecified atom stereocenters. The van der Waals surface area contributed by atoms with Gasteiger partial charge in [0.2, 0.25) is 0 Å². The van der Waals surface area contributed by atoms with E-state index in [-0.39, 0.29) is 5.97 Å². The quantitative estimate of drug-likeness (QED) is 0.352. The summed E-state index contributed by atoms with van der Waals surface area (Å²) in [4.78, 5) is 24.2. The van der Waals surface area contributed by atoms with Gasteiger partial charge in [0.25, 0.3) is 0 Å². The lowest BCUT2D eigenvalue weighted by atomic mass is 9.97. The molecule has 0 bridgehead atoms. The molecule has 0 spiro atoms. The van der Waals surface area contributed by atoms with Gasteiger partial charge in [0.1, 0.15) is 23.9 Å². The number of carbonyl (C=O) groups is 1. The van der Waals surface area contributed by atoms with Crippen LogP contribution in [0, 0.1) is 0 Å². The fourth-order valence-electron chi connectivity index (χ4n) is 4.86. The van der Waals surface area contributed by atoms with Crippen LogP contribution < -0.4 is 14.8 Å². The lowest BCUT2D eigenvalue weighted by Gasteiger charge is -2.19. The Bertz CT molecular complexity index is 1430. The zero-order valence-electron chi connectivity index (χ0n) is 20.1. The molecule has 184 valence electrons. The summed E-state index contributed by atoms with van der Waals surface area (Å²) in [6.07, 6.45) is 5.44. The van der Waals surface area contributed by atoms with E-state index in [4.69, 9.17) is 24.2 Å². The number of hydrogen-bond acceptors (Lipinski definition) is 8. The molecule has 0 amide bonds. The van der Waals surface area contributed by atoms with Crippen molar-refractivity contribution in [3.63, 3.8) is 0 Å². The number of nitrogens with zero attached hydrogens (tertiary/aromatic N) is 2. The molecule has 0 saturated heterocycles. The number of anilines is 1. The second-order valence-electron chi connectivity index (χ2n) is 9.01. The Morgan fingerprint density at radius 2 is 1.83 bits per heavy atom. The van der Waals surface area contributed by atoms with Crippen LogP contribution in [0.2, 0.25) is 0 Å². The number of aryl methyl sites for hydroxylation is 2. The van der Waals surface area contributed by atoms with Crippen molar-refractivity contribution in [2.75, 3.05) is 32.2 Å². The minimum Gasteiger partial charge on any atom is -0.486 e. The van der Waals surface area contributed by atoms with Crippen molar-refractivity contribution in [1.29, 1.82) is 0 Å². The van der Waals surface area contributed by atoms with Crippen LogP contribution in [0.4, 0.5) is 5.82 Å². The fourth-order valence-corrected chi connectivity index (χ4v) is 6.12. The number of benzene rings is 2. The zero-order chi connectivity index (χ0) is 24.5. The lowest BCUT2D eigenvalue weighted by molar-refractivity contribution is 0.0600. The van der Waals surface area contributed by atoms with E-state index in [2.05, 4.69) is 17.4 Å². The van der Waals surface area contributed by atoms with Crippen molar-refractivity contribution in [3.05, 3.63) is 64.0 Å². The molecule has 0 atom stereocenters. The van der Waals surface area contributed by atoms with Gasteiger partial charge >= 0.3 is 5.97 Å². The van der Waals surface area contributed by atoms with E-state index in [1.165, 1.54) is 36.0 Å². The smallest absolute Gasteiger partial charge is 0.337 e. The highest BCUT2D eigenvalue weighted by Gasteiger charge is 2.22. The number of ether oxygens (including phenoxy) is 3. The Kier molecular flexibility index (Phi) is 6.19. The predicted octanol–water partition coefficient (Wildman–Crippen LogP) is 5.45. The van der Waals surface area contributed by atoms with Crippen LogP contribution in [0.25, 0.3) is 21.6 Å². The number of esters is 1. The number of aromatic nitrogens is 2. The fraction of sp³-hybridized carbons (Fsp3) is 0.321. The number of nitrogens with one attached hydrogen (secondary N) is 1. The number of hydrogen-bond donors (Lipinski definition) is 1. The molecule has 3 heterocycles. The van der Waals surface area contributed by atoms with Crippen LogP contribution in [0.1, 0.15) is 39.2 Å². The summed E-state index contributed by atoms with van der Waals surface area (Å²) in [5.41, 5.74) is 3.95. The summed E-state index contributed by atoms with van der Waals surface area (Å²) < 4.78 is 16.2. The molecule has 7 nitrogen and oxygen atoms in total. The van der Waals surface area contributed by atoms with Crippen molar-refractivity contribution >= 4 is 33.3 Å². The van der Waals surface area contributed by atoms with Crippen LogP contribution in [-0.4, -0.2) is 42.8 Å². The monoisotopic (exact) mass is 501 g/mol. The number of fused-ring (bicyclic) bond motifs is 4. The standard InChI is InChI=1S/C28H27N3O4S/c1-33-28(32)19-9-7-18(8-10-19)25-30-26(24-20-4-2-3-5-23(20)36-27(24)31-25)29-13-12-17-6-11-21-22(16-17)35-15-14-34-21/h6-11,16H,2-5,12-15H2,1H3,(H,29,30,31). The summed E-state index contributed by atoms with van der Waals surface area (Å²) in [5, 5.41) is 4.77. The number of carbonyl (C=O) groups excluding carboxylic acids is 1. The molecule has 1 aliphatic carbocycles. The van der Waals surface area contributed by atoms with Gasteiger partial charge in [-0.1, -0.05) is 18.2 Å². The minimum absolute atomic E-state index is 0.356. The van der Waals surface area contributed by atoms with Crippen LogP contribution >= 0.6 is 11.3 Å². The maximum absolute atomic E-state index is 11.8. The van der Waals surface area contributed by atoms with Crippen molar-refractivity contribution in [1.82, 2.24) is 9.97 Å². The van der Waals surface area contributed by atoms with Crippen molar-refractivity contribution in [2.45, 2.75) is 32.1 Å². The maximum atomic E-state index is 11.8. The molecular weight excluding hydrogens is 474 g/mol. The van der Waals surface area contributed by atoms with Crippen LogP contribution in [0.5, 0.6) is 11.5 Å². The van der Waals surface area contributed by atoms with E-state index < -0.39 is 0 Å². The van der Waals surface area contributed by atoms with Gasteiger partial charge < -0.3 is 19.5 Å². The van der Waals surface area contributed by atoms with Gasteiger partial charge in [-0.15, -0.1) is 11.3 Å². The minimum atomic E-state index is -0.356. The molecule has 2 aromatic heterocycles. The summed E-state index contributed by atoms with van der Waals surface area (Å²) in [6.45, 7) is 1.91. The Morgan fingerprint density at radius 1 is 1.03 bits per heavy atom. The topological polar surface area (TPSA) is 82.6 Å². The van der Waals surface area contributed by atoms with Gasteiger partial charge in [-0.3, -0.25) is 0 Å². The summed E-state index contributed by atoms with van der Waals surface area (Å²) >= 11 is 1.78. The zero-order valence-corrected chi connectivity index (χ0v) is 21.0. The van der Waals surface area contributed by atoms with Gasteiger partial charge in [-0.2, -0.15) is 0 Å². The van der Waals surface area contributed by atoms with E-state index in [9.17, 15) is 4.79 Å². The first-order valence-electron chi connectivity index (χ1n) is 12.3. The average Bonchev–Trinajstić information content (AvgIpc) is 3.31. The van der Waals surface area contributed by atoms with Gasteiger partial charge in [0.15, 0.2) is 17.3 Å². The number of methoxy groups -OCH3 is 1. The highest BCUT2D eigenvalue weighted by atomic mass is 32.1. The predicted molar refractivity (Wildman–Crippen MR) is 140 cm³/mol. The molecule has 36 heavy (non-hydrogen) atoms. The summed E-state index contributed by atoms with van der Waals surface area (Å²) in [6, 6.07) is 13.4. The van der Waals surface area contributed by atoms with Gasteiger partial charge in [-0.25, -0.2) is 14.8 Å². The van der Waals surface area contributed by atoms with E-state index in [1.54, 1.807) is 23.5 Å². The Balaban J connectivity index is 1.30. The highest BCUT2D eigenvalue weighted by molar-refractivity contribution is 7.19. The lowest BCUT2D eigenvalue weighted by Crippen LogP contribution is -2.15. The SMILES string of the molecule is COC(=O)c1ccc(-c2nc(NCCc3ccc4c(c3)OCCO4)c3c4c(sc3n2)CCCC4)cc1.